The predicted molar refractivity (Wildman–Crippen MR) is 76.4 cm³/mol. The van der Waals surface area contributed by atoms with E-state index >= 15 is 0 Å². The summed E-state index contributed by atoms with van der Waals surface area (Å²) in [6.07, 6.45) is 1.13. The molecule has 0 radical (unpaired) electrons. The minimum atomic E-state index is -0.0176. The molecule has 0 aliphatic heterocycles. The van der Waals surface area contributed by atoms with Gasteiger partial charge >= 0.3 is 0 Å². The van der Waals surface area contributed by atoms with Gasteiger partial charge in [0.25, 0.3) is 0 Å². The standard InChI is InChI=1S/C13H20N2O2.ClH/c1-3-17-12-6-4-5-11(9-12)15-13(16)8-7-10(2)14;/h4-6,9-10H,3,7-8,14H2,1-2H3,(H,15,16);1H. The van der Waals surface area contributed by atoms with Gasteiger partial charge in [-0.3, -0.25) is 4.79 Å². The molecule has 1 aromatic carbocycles. The summed E-state index contributed by atoms with van der Waals surface area (Å²) in [5.74, 6) is 0.744. The van der Waals surface area contributed by atoms with E-state index in [1.165, 1.54) is 0 Å². The molecule has 0 aliphatic carbocycles. The van der Waals surface area contributed by atoms with Crippen molar-refractivity contribution in [2.75, 3.05) is 11.9 Å². The molecule has 0 heterocycles. The topological polar surface area (TPSA) is 64.3 Å². The maximum atomic E-state index is 11.6. The zero-order valence-corrected chi connectivity index (χ0v) is 11.6. The first-order chi connectivity index (χ1) is 8.11. The highest BCUT2D eigenvalue weighted by Crippen LogP contribution is 2.17. The normalized spacial score (nSPS) is 11.3. The number of benzene rings is 1. The molecule has 0 saturated heterocycles. The molecule has 0 fully saturated rings. The van der Waals surface area contributed by atoms with Gasteiger partial charge in [-0.15, -0.1) is 12.4 Å². The maximum absolute atomic E-state index is 11.6. The Morgan fingerprint density at radius 1 is 1.50 bits per heavy atom. The predicted octanol–water partition coefficient (Wildman–Crippen LogP) is 2.57. The van der Waals surface area contributed by atoms with Crippen molar-refractivity contribution >= 4 is 24.0 Å². The lowest BCUT2D eigenvalue weighted by atomic mass is 10.2. The number of amides is 1. The van der Waals surface area contributed by atoms with Crippen molar-refractivity contribution in [2.24, 2.45) is 5.73 Å². The van der Waals surface area contributed by atoms with Crippen LogP contribution in [0, 0.1) is 0 Å². The van der Waals surface area contributed by atoms with Gasteiger partial charge < -0.3 is 15.8 Å². The van der Waals surface area contributed by atoms with E-state index in [4.69, 9.17) is 10.5 Å². The number of rotatable bonds is 6. The molecular weight excluding hydrogens is 252 g/mol. The van der Waals surface area contributed by atoms with Crippen LogP contribution in [0.15, 0.2) is 24.3 Å². The molecule has 1 amide bonds. The molecule has 102 valence electrons. The van der Waals surface area contributed by atoms with E-state index in [-0.39, 0.29) is 24.4 Å². The fraction of sp³-hybridized carbons (Fsp3) is 0.462. The zero-order chi connectivity index (χ0) is 12.7. The summed E-state index contributed by atoms with van der Waals surface area (Å²) in [5.41, 5.74) is 6.35. The van der Waals surface area contributed by atoms with Gasteiger partial charge in [-0.1, -0.05) is 6.07 Å². The third-order valence-corrected chi connectivity index (χ3v) is 2.26. The molecule has 1 unspecified atom stereocenters. The van der Waals surface area contributed by atoms with E-state index in [0.717, 1.165) is 11.4 Å². The van der Waals surface area contributed by atoms with Gasteiger partial charge in [0.15, 0.2) is 0 Å². The van der Waals surface area contributed by atoms with Crippen LogP contribution in [0.3, 0.4) is 0 Å². The Balaban J connectivity index is 0.00000289. The fourth-order valence-electron chi connectivity index (χ4n) is 1.41. The van der Waals surface area contributed by atoms with Gasteiger partial charge in [-0.25, -0.2) is 0 Å². The Hall–Kier alpha value is -1.26. The van der Waals surface area contributed by atoms with Gasteiger partial charge in [0.2, 0.25) is 5.91 Å². The zero-order valence-electron chi connectivity index (χ0n) is 10.8. The summed E-state index contributed by atoms with van der Waals surface area (Å²) in [4.78, 5) is 11.6. The minimum absolute atomic E-state index is 0. The van der Waals surface area contributed by atoms with Crippen molar-refractivity contribution in [1.29, 1.82) is 0 Å². The van der Waals surface area contributed by atoms with Crippen LogP contribution in [-0.4, -0.2) is 18.6 Å². The number of halogens is 1. The quantitative estimate of drug-likeness (QED) is 0.837. The average molecular weight is 273 g/mol. The van der Waals surface area contributed by atoms with Crippen molar-refractivity contribution in [1.82, 2.24) is 0 Å². The van der Waals surface area contributed by atoms with Gasteiger partial charge in [0.05, 0.1) is 6.61 Å². The third-order valence-electron chi connectivity index (χ3n) is 2.26. The summed E-state index contributed by atoms with van der Waals surface area (Å²) >= 11 is 0. The first-order valence-corrected chi connectivity index (χ1v) is 5.90. The molecule has 18 heavy (non-hydrogen) atoms. The molecule has 0 aromatic heterocycles. The maximum Gasteiger partial charge on any atom is 0.224 e. The lowest BCUT2D eigenvalue weighted by Gasteiger charge is -2.08. The van der Waals surface area contributed by atoms with E-state index in [0.29, 0.717) is 19.4 Å². The molecule has 0 aliphatic rings. The van der Waals surface area contributed by atoms with Crippen molar-refractivity contribution in [3.05, 3.63) is 24.3 Å². The molecule has 0 spiro atoms. The van der Waals surface area contributed by atoms with Gasteiger partial charge in [-0.2, -0.15) is 0 Å². The van der Waals surface area contributed by atoms with Crippen LogP contribution in [0.2, 0.25) is 0 Å². The van der Waals surface area contributed by atoms with Gasteiger partial charge in [-0.05, 0) is 32.4 Å². The highest BCUT2D eigenvalue weighted by Gasteiger charge is 2.04. The largest absolute Gasteiger partial charge is 0.494 e. The minimum Gasteiger partial charge on any atom is -0.494 e. The second-order valence-electron chi connectivity index (χ2n) is 4.02. The summed E-state index contributed by atoms with van der Waals surface area (Å²) in [6.45, 7) is 4.43. The fourth-order valence-corrected chi connectivity index (χ4v) is 1.41. The van der Waals surface area contributed by atoms with Crippen molar-refractivity contribution in [2.45, 2.75) is 32.7 Å². The second kappa shape index (κ2) is 8.78. The van der Waals surface area contributed by atoms with E-state index in [1.54, 1.807) is 0 Å². The molecule has 3 N–H and O–H groups in total. The second-order valence-corrected chi connectivity index (χ2v) is 4.02. The number of nitrogens with one attached hydrogen (secondary N) is 1. The summed E-state index contributed by atoms with van der Waals surface area (Å²) in [7, 11) is 0. The lowest BCUT2D eigenvalue weighted by Crippen LogP contribution is -2.19. The summed E-state index contributed by atoms with van der Waals surface area (Å²) < 4.78 is 5.35. The first kappa shape index (κ1) is 16.7. The Labute approximate surface area is 114 Å². The molecular formula is C13H21ClN2O2. The summed E-state index contributed by atoms with van der Waals surface area (Å²) in [5, 5.41) is 2.82. The molecule has 1 atom stereocenters. The van der Waals surface area contributed by atoms with Crippen LogP contribution in [0.25, 0.3) is 0 Å². The number of carbonyl (C=O) groups excluding carboxylic acids is 1. The number of anilines is 1. The smallest absolute Gasteiger partial charge is 0.224 e. The Morgan fingerprint density at radius 2 is 2.22 bits per heavy atom. The van der Waals surface area contributed by atoms with Crippen LogP contribution in [0.5, 0.6) is 5.75 Å². The highest BCUT2D eigenvalue weighted by atomic mass is 35.5. The van der Waals surface area contributed by atoms with Crippen LogP contribution < -0.4 is 15.8 Å². The number of hydrogen-bond acceptors (Lipinski definition) is 3. The third kappa shape index (κ3) is 6.47. The lowest BCUT2D eigenvalue weighted by molar-refractivity contribution is -0.116. The Kier molecular flexibility index (Phi) is 8.16. The highest BCUT2D eigenvalue weighted by molar-refractivity contribution is 5.90. The molecule has 1 aromatic rings. The molecule has 0 saturated carbocycles. The van der Waals surface area contributed by atoms with E-state index in [2.05, 4.69) is 5.32 Å². The van der Waals surface area contributed by atoms with Crippen LogP contribution in [-0.2, 0) is 4.79 Å². The Morgan fingerprint density at radius 3 is 2.83 bits per heavy atom. The summed E-state index contributed by atoms with van der Waals surface area (Å²) in [6, 6.07) is 7.42. The van der Waals surface area contributed by atoms with Crippen LogP contribution >= 0.6 is 12.4 Å². The number of nitrogens with two attached hydrogens (primary N) is 1. The first-order valence-electron chi connectivity index (χ1n) is 5.90. The SMILES string of the molecule is CCOc1cccc(NC(=O)CCC(C)N)c1.Cl. The van der Waals surface area contributed by atoms with Crippen LogP contribution in [0.1, 0.15) is 26.7 Å². The number of hydrogen-bond donors (Lipinski definition) is 2. The van der Waals surface area contributed by atoms with E-state index in [9.17, 15) is 4.79 Å². The van der Waals surface area contributed by atoms with Crippen molar-refractivity contribution in [3.63, 3.8) is 0 Å². The van der Waals surface area contributed by atoms with Gasteiger partial charge in [0, 0.05) is 24.2 Å². The van der Waals surface area contributed by atoms with Crippen LogP contribution in [0.4, 0.5) is 5.69 Å². The molecule has 1 rings (SSSR count). The van der Waals surface area contributed by atoms with E-state index in [1.807, 2.05) is 38.1 Å². The van der Waals surface area contributed by atoms with Crippen molar-refractivity contribution < 1.29 is 9.53 Å². The molecule has 4 nitrogen and oxygen atoms in total. The number of ether oxygens (including phenoxy) is 1. The van der Waals surface area contributed by atoms with E-state index < -0.39 is 0 Å². The number of carbonyl (C=O) groups is 1. The average Bonchev–Trinajstić information content (AvgIpc) is 2.27. The monoisotopic (exact) mass is 272 g/mol. The Bertz CT molecular complexity index is 370. The van der Waals surface area contributed by atoms with Crippen molar-refractivity contribution in [3.8, 4) is 5.75 Å². The van der Waals surface area contributed by atoms with Gasteiger partial charge in [0.1, 0.15) is 5.75 Å². The molecule has 5 heteroatoms. The molecule has 0 bridgehead atoms.